The Labute approximate surface area is 195 Å². The van der Waals surface area contributed by atoms with E-state index in [0.717, 1.165) is 42.7 Å². The van der Waals surface area contributed by atoms with Gasteiger partial charge in [-0.3, -0.25) is 4.79 Å². The molecule has 0 bridgehead atoms. The van der Waals surface area contributed by atoms with Crippen LogP contribution in [0.2, 0.25) is 0 Å². The number of carbonyl (C=O) groups excluding carboxylic acids is 1. The van der Waals surface area contributed by atoms with Crippen molar-refractivity contribution < 1.29 is 23.6 Å². The predicted octanol–water partition coefficient (Wildman–Crippen LogP) is 3.36. The molecular formula is C24H26FN5O4. The second kappa shape index (κ2) is 8.92. The predicted molar refractivity (Wildman–Crippen MR) is 122 cm³/mol. The van der Waals surface area contributed by atoms with E-state index in [9.17, 15) is 19.1 Å². The van der Waals surface area contributed by atoms with E-state index in [1.54, 1.807) is 6.07 Å². The average Bonchev–Trinajstić information content (AvgIpc) is 3.53. The van der Waals surface area contributed by atoms with Crippen molar-refractivity contribution in [2.75, 3.05) is 31.6 Å². The van der Waals surface area contributed by atoms with Gasteiger partial charge in [0, 0.05) is 38.1 Å². The van der Waals surface area contributed by atoms with E-state index in [2.05, 4.69) is 15.4 Å². The van der Waals surface area contributed by atoms with Crippen molar-refractivity contribution in [3.63, 3.8) is 0 Å². The summed E-state index contributed by atoms with van der Waals surface area (Å²) >= 11 is 0. The first-order chi connectivity index (χ1) is 16.4. The summed E-state index contributed by atoms with van der Waals surface area (Å²) in [6.45, 7) is 2.23. The zero-order valence-electron chi connectivity index (χ0n) is 18.8. The molecule has 178 valence electrons. The largest absolute Gasteiger partial charge is 0.465 e. The minimum absolute atomic E-state index is 0.0545. The maximum atomic E-state index is 13.4. The summed E-state index contributed by atoms with van der Waals surface area (Å²) in [6, 6.07) is 9.93. The van der Waals surface area contributed by atoms with Crippen LogP contribution in [-0.4, -0.2) is 58.8 Å². The van der Waals surface area contributed by atoms with Crippen LogP contribution >= 0.6 is 0 Å². The number of carboxylic acid groups (broad SMARTS) is 1. The molecule has 1 aliphatic heterocycles. The fraction of sp³-hybridized carbons (Fsp3) is 0.417. The highest BCUT2D eigenvalue weighted by atomic mass is 19.1. The molecule has 2 N–H and O–H groups in total. The van der Waals surface area contributed by atoms with Gasteiger partial charge in [0.05, 0.1) is 12.1 Å². The third-order valence-electron chi connectivity index (χ3n) is 6.92. The first kappa shape index (κ1) is 22.1. The second-order valence-corrected chi connectivity index (χ2v) is 9.19. The summed E-state index contributed by atoms with van der Waals surface area (Å²) in [5.74, 6) is 1.82. The summed E-state index contributed by atoms with van der Waals surface area (Å²) in [5, 5.41) is 16.6. The quantitative estimate of drug-likeness (QED) is 0.572. The highest BCUT2D eigenvalue weighted by molar-refractivity contribution is 5.91. The normalized spacial score (nSPS) is 21.6. The van der Waals surface area contributed by atoms with Crippen molar-refractivity contribution in [1.29, 1.82) is 0 Å². The SMILES string of the molecule is CNC(=O)c1cc(CN(CC2C[C@@H]3CN(c4ccc5cc(F)ccc5n4)C[C@@H]3C2)C(=O)O)on1. The Morgan fingerprint density at radius 2 is 1.97 bits per heavy atom. The number of rotatable bonds is 6. The van der Waals surface area contributed by atoms with E-state index in [0.29, 0.717) is 24.1 Å². The molecule has 1 aliphatic carbocycles. The molecule has 1 saturated heterocycles. The van der Waals surface area contributed by atoms with E-state index in [4.69, 9.17) is 9.51 Å². The smallest absolute Gasteiger partial charge is 0.407 e. The Morgan fingerprint density at radius 1 is 1.21 bits per heavy atom. The highest BCUT2D eigenvalue weighted by Crippen LogP contribution is 2.43. The lowest BCUT2D eigenvalue weighted by atomic mass is 10.0. The van der Waals surface area contributed by atoms with Gasteiger partial charge in [0.2, 0.25) is 0 Å². The van der Waals surface area contributed by atoms with Crippen LogP contribution in [0.5, 0.6) is 0 Å². The monoisotopic (exact) mass is 467 g/mol. The standard InChI is InChI=1S/C24H26FN5O4/c1-26-23(31)21-9-19(34-28-21)13-30(24(32)33)10-14-6-16-11-29(12-17(16)7-14)22-5-2-15-8-18(25)3-4-20(15)27-22/h2-5,8-9,14,16-17H,6-7,10-13H2,1H3,(H,26,31)(H,32,33)/t14?,16-,17+. The van der Waals surface area contributed by atoms with E-state index in [1.807, 2.05) is 12.1 Å². The molecule has 0 spiro atoms. The molecule has 2 aliphatic rings. The number of aromatic nitrogens is 2. The molecule has 34 heavy (non-hydrogen) atoms. The number of pyridine rings is 1. The molecule has 3 aromatic rings. The van der Waals surface area contributed by atoms with Gasteiger partial charge in [-0.25, -0.2) is 14.2 Å². The fourth-order valence-electron chi connectivity index (χ4n) is 5.36. The Balaban J connectivity index is 1.19. The van der Waals surface area contributed by atoms with Crippen LogP contribution < -0.4 is 10.2 Å². The summed E-state index contributed by atoms with van der Waals surface area (Å²) in [4.78, 5) is 31.8. The number of fused-ring (bicyclic) bond motifs is 2. The summed E-state index contributed by atoms with van der Waals surface area (Å²) < 4.78 is 18.6. The number of hydrogen-bond acceptors (Lipinski definition) is 6. The number of nitrogens with zero attached hydrogens (tertiary/aromatic N) is 4. The van der Waals surface area contributed by atoms with Crippen LogP contribution in [0.4, 0.5) is 15.0 Å². The van der Waals surface area contributed by atoms with Gasteiger partial charge in [-0.2, -0.15) is 0 Å². The van der Waals surface area contributed by atoms with E-state index >= 15 is 0 Å². The number of anilines is 1. The summed E-state index contributed by atoms with van der Waals surface area (Å²) in [7, 11) is 1.50. The first-order valence-corrected chi connectivity index (χ1v) is 11.4. The van der Waals surface area contributed by atoms with Crippen molar-refractivity contribution in [2.45, 2.75) is 19.4 Å². The van der Waals surface area contributed by atoms with Gasteiger partial charge < -0.3 is 24.7 Å². The van der Waals surface area contributed by atoms with Crippen LogP contribution in [0.25, 0.3) is 10.9 Å². The number of halogens is 1. The van der Waals surface area contributed by atoms with E-state index in [-0.39, 0.29) is 29.9 Å². The molecule has 10 heteroatoms. The zero-order valence-corrected chi connectivity index (χ0v) is 18.8. The van der Waals surface area contributed by atoms with Gasteiger partial charge in [0.1, 0.15) is 11.6 Å². The molecule has 0 radical (unpaired) electrons. The van der Waals surface area contributed by atoms with Gasteiger partial charge in [0.25, 0.3) is 5.91 Å². The number of nitrogens with one attached hydrogen (secondary N) is 1. The van der Waals surface area contributed by atoms with Crippen LogP contribution in [0.3, 0.4) is 0 Å². The second-order valence-electron chi connectivity index (χ2n) is 9.19. The number of carbonyl (C=O) groups is 2. The molecule has 1 saturated carbocycles. The molecule has 3 atom stereocenters. The van der Waals surface area contributed by atoms with E-state index in [1.165, 1.54) is 30.1 Å². The van der Waals surface area contributed by atoms with Crippen molar-refractivity contribution in [2.24, 2.45) is 17.8 Å². The van der Waals surface area contributed by atoms with Crippen molar-refractivity contribution in [3.05, 3.63) is 53.7 Å². The fourth-order valence-corrected chi connectivity index (χ4v) is 5.36. The third kappa shape index (κ3) is 4.40. The minimum Gasteiger partial charge on any atom is -0.465 e. The Bertz CT molecular complexity index is 1220. The highest BCUT2D eigenvalue weighted by Gasteiger charge is 2.42. The number of hydrogen-bond donors (Lipinski definition) is 2. The molecule has 2 aromatic heterocycles. The van der Waals surface area contributed by atoms with Gasteiger partial charge in [-0.1, -0.05) is 5.16 Å². The van der Waals surface area contributed by atoms with Crippen LogP contribution in [0.15, 0.2) is 40.9 Å². The van der Waals surface area contributed by atoms with Gasteiger partial charge in [0.15, 0.2) is 11.5 Å². The number of benzene rings is 1. The Hall–Kier alpha value is -3.69. The molecule has 1 aromatic carbocycles. The Kier molecular flexibility index (Phi) is 5.80. The Morgan fingerprint density at radius 3 is 2.68 bits per heavy atom. The topological polar surface area (TPSA) is 112 Å². The molecule has 3 heterocycles. The molecular weight excluding hydrogens is 441 g/mol. The maximum absolute atomic E-state index is 13.4. The van der Waals surface area contributed by atoms with Crippen LogP contribution in [0.1, 0.15) is 29.1 Å². The minimum atomic E-state index is -1.02. The van der Waals surface area contributed by atoms with Crippen LogP contribution in [0, 0.1) is 23.6 Å². The lowest BCUT2D eigenvalue weighted by Gasteiger charge is -2.24. The van der Waals surface area contributed by atoms with Gasteiger partial charge >= 0.3 is 6.09 Å². The first-order valence-electron chi connectivity index (χ1n) is 11.4. The van der Waals surface area contributed by atoms with Crippen molar-refractivity contribution in [3.8, 4) is 0 Å². The lowest BCUT2D eigenvalue weighted by molar-refractivity contribution is 0.0953. The zero-order chi connectivity index (χ0) is 23.8. The summed E-state index contributed by atoms with van der Waals surface area (Å²) in [6.07, 6.45) is 0.876. The summed E-state index contributed by atoms with van der Waals surface area (Å²) in [5.41, 5.74) is 0.906. The van der Waals surface area contributed by atoms with Crippen molar-refractivity contribution >= 4 is 28.7 Å². The molecule has 9 nitrogen and oxygen atoms in total. The van der Waals surface area contributed by atoms with E-state index < -0.39 is 6.09 Å². The lowest BCUT2D eigenvalue weighted by Crippen LogP contribution is -2.34. The van der Waals surface area contributed by atoms with Crippen molar-refractivity contribution in [1.82, 2.24) is 20.4 Å². The molecule has 1 unspecified atom stereocenters. The molecule has 5 rings (SSSR count). The van der Waals surface area contributed by atoms with Gasteiger partial charge in [-0.05, 0) is 60.9 Å². The molecule has 2 fully saturated rings. The molecule has 2 amide bonds. The number of amides is 2. The van der Waals surface area contributed by atoms with Gasteiger partial charge in [-0.15, -0.1) is 0 Å². The average molecular weight is 468 g/mol. The maximum Gasteiger partial charge on any atom is 0.407 e. The van der Waals surface area contributed by atoms with Crippen LogP contribution in [-0.2, 0) is 6.54 Å². The third-order valence-corrected chi connectivity index (χ3v) is 6.92.